The molecule has 0 aromatic carbocycles. The van der Waals surface area contributed by atoms with Crippen molar-refractivity contribution in [1.29, 1.82) is 0 Å². The van der Waals surface area contributed by atoms with E-state index in [1.165, 1.54) is 6.92 Å². The minimum Gasteiger partial charge on any atom is -0.480 e. The van der Waals surface area contributed by atoms with Crippen LogP contribution in [0.3, 0.4) is 0 Å². The number of hydrogen-bond acceptors (Lipinski definition) is 11. The highest BCUT2D eigenvalue weighted by Crippen LogP contribution is 2.11. The molecule has 0 bridgehead atoms. The van der Waals surface area contributed by atoms with Gasteiger partial charge in [0, 0.05) is 0 Å². The van der Waals surface area contributed by atoms with E-state index >= 15 is 0 Å². The van der Waals surface area contributed by atoms with Gasteiger partial charge in [0.15, 0.2) is 0 Å². The van der Waals surface area contributed by atoms with Gasteiger partial charge < -0.3 is 59.1 Å². The second-order valence-electron chi connectivity index (χ2n) is 16.6. The first-order valence-electron chi connectivity index (χ1n) is 20.4. The molecule has 13 N–H and O–H groups in total. The van der Waals surface area contributed by atoms with Gasteiger partial charge in [-0.15, -0.1) is 0 Å². The van der Waals surface area contributed by atoms with Crippen LogP contribution in [0.2, 0.25) is 0 Å². The normalized spacial score (nSPS) is 14.9. The van der Waals surface area contributed by atoms with Gasteiger partial charge in [0.2, 0.25) is 47.3 Å². The number of amides is 8. The Kier molecular flexibility index (Phi) is 24.8. The van der Waals surface area contributed by atoms with Gasteiger partial charge in [-0.25, -0.2) is 4.79 Å². The molecular formula is C39H72N10O10. The molecule has 0 saturated carbocycles. The van der Waals surface area contributed by atoms with Crippen molar-refractivity contribution in [1.82, 2.24) is 42.5 Å². The maximum atomic E-state index is 13.5. The summed E-state index contributed by atoms with van der Waals surface area (Å²) in [5.74, 6) is -8.08. The van der Waals surface area contributed by atoms with Gasteiger partial charge in [-0.1, -0.05) is 69.2 Å². The van der Waals surface area contributed by atoms with Crippen molar-refractivity contribution in [2.24, 2.45) is 41.1 Å². The van der Waals surface area contributed by atoms with E-state index in [9.17, 15) is 48.3 Å². The lowest BCUT2D eigenvalue weighted by Gasteiger charge is -2.29. The van der Waals surface area contributed by atoms with Crippen molar-refractivity contribution in [3.63, 3.8) is 0 Å². The summed E-state index contributed by atoms with van der Waals surface area (Å²) in [5.41, 5.74) is 11.6. The number of nitrogens with two attached hydrogens (primary N) is 2. The highest BCUT2D eigenvalue weighted by Gasteiger charge is 2.34. The van der Waals surface area contributed by atoms with E-state index in [0.717, 1.165) is 0 Å². The Morgan fingerprint density at radius 2 is 0.915 bits per heavy atom. The fourth-order valence-corrected chi connectivity index (χ4v) is 5.69. The monoisotopic (exact) mass is 841 g/mol. The minimum atomic E-state index is -1.23. The van der Waals surface area contributed by atoms with E-state index in [4.69, 9.17) is 11.5 Å². The molecule has 0 radical (unpaired) electrons. The molecule has 0 rings (SSSR count). The summed E-state index contributed by atoms with van der Waals surface area (Å²) < 4.78 is 0. The Bertz CT molecular complexity index is 1440. The molecule has 0 saturated heterocycles. The lowest BCUT2D eigenvalue weighted by atomic mass is 9.97. The molecule has 59 heavy (non-hydrogen) atoms. The summed E-state index contributed by atoms with van der Waals surface area (Å²) in [7, 11) is 0. The number of carboxylic acids is 1. The van der Waals surface area contributed by atoms with Crippen LogP contribution in [0.5, 0.6) is 0 Å². The van der Waals surface area contributed by atoms with E-state index in [0.29, 0.717) is 25.8 Å². The molecule has 0 aliphatic rings. The number of unbranched alkanes of at least 4 members (excludes halogenated alkanes) is 1. The lowest BCUT2D eigenvalue weighted by Crippen LogP contribution is -2.61. The van der Waals surface area contributed by atoms with Crippen LogP contribution < -0.4 is 54.0 Å². The summed E-state index contributed by atoms with van der Waals surface area (Å²) in [6.45, 7) is 17.9. The fourth-order valence-electron chi connectivity index (χ4n) is 5.69. The SMILES string of the molecule is CC(C)CC(N)C(=O)NC(C(=O)NC(C(=O)NC(C(=O)NCC(=O)NC(C)C(=O)NC(CCCCN)C(=O)NCC(=O)NC(C(=O)O)C(C)C)C(C)C)C(C)C)C(C)C. The third-order valence-corrected chi connectivity index (χ3v) is 9.25. The largest absolute Gasteiger partial charge is 0.480 e. The van der Waals surface area contributed by atoms with Crippen molar-refractivity contribution in [3.8, 4) is 0 Å². The van der Waals surface area contributed by atoms with E-state index in [1.807, 2.05) is 13.8 Å². The van der Waals surface area contributed by atoms with Crippen LogP contribution in [0.4, 0.5) is 0 Å². The molecule has 338 valence electrons. The maximum absolute atomic E-state index is 13.5. The third-order valence-electron chi connectivity index (χ3n) is 9.25. The zero-order valence-electron chi connectivity index (χ0n) is 36.7. The van der Waals surface area contributed by atoms with Crippen molar-refractivity contribution < 1.29 is 48.3 Å². The van der Waals surface area contributed by atoms with Gasteiger partial charge in [0.1, 0.15) is 36.3 Å². The van der Waals surface area contributed by atoms with Gasteiger partial charge in [0.25, 0.3) is 0 Å². The fraction of sp³-hybridized carbons (Fsp3) is 0.769. The Hall–Kier alpha value is -4.85. The van der Waals surface area contributed by atoms with Crippen LogP contribution in [0, 0.1) is 29.6 Å². The van der Waals surface area contributed by atoms with E-state index in [1.54, 1.807) is 55.4 Å². The summed E-state index contributed by atoms with van der Waals surface area (Å²) in [5, 5.41) is 29.5. The van der Waals surface area contributed by atoms with E-state index in [2.05, 4.69) is 42.5 Å². The Balaban J connectivity index is 5.50. The summed E-state index contributed by atoms with van der Waals surface area (Å²) in [6.07, 6.45) is 1.56. The van der Waals surface area contributed by atoms with E-state index < -0.39 is 126 Å². The Morgan fingerprint density at radius 1 is 0.492 bits per heavy atom. The molecule has 0 aromatic rings. The average molecular weight is 841 g/mol. The number of carbonyl (C=O) groups excluding carboxylic acids is 8. The summed E-state index contributed by atoms with van der Waals surface area (Å²) in [4.78, 5) is 115. The predicted molar refractivity (Wildman–Crippen MR) is 221 cm³/mol. The van der Waals surface area contributed by atoms with Crippen molar-refractivity contribution >= 4 is 53.2 Å². The smallest absolute Gasteiger partial charge is 0.326 e. The van der Waals surface area contributed by atoms with Crippen LogP contribution in [0.1, 0.15) is 102 Å². The maximum Gasteiger partial charge on any atom is 0.326 e. The van der Waals surface area contributed by atoms with Crippen LogP contribution in [-0.2, 0) is 43.2 Å². The predicted octanol–water partition coefficient (Wildman–Crippen LogP) is -1.64. The zero-order chi connectivity index (χ0) is 45.7. The standard InChI is InChI=1S/C39H72N10O10/c1-19(2)16-25(41)34(53)47-30(21(5)6)37(56)49-31(22(7)8)38(57)48-29(20(3)4)36(55)43-17-27(50)44-24(11)33(52)45-26(14-12-13-15-40)35(54)42-18-28(51)46-32(23(9)10)39(58)59/h19-26,29-32H,12-18,40-41H2,1-11H3,(H,42,54)(H,43,55)(H,44,50)(H,45,52)(H,46,51)(H,47,53)(H,48,57)(H,49,56)(H,58,59). The van der Waals surface area contributed by atoms with Gasteiger partial charge >= 0.3 is 5.97 Å². The molecule has 7 atom stereocenters. The Morgan fingerprint density at radius 3 is 1.34 bits per heavy atom. The van der Waals surface area contributed by atoms with Crippen LogP contribution in [0.15, 0.2) is 0 Å². The highest BCUT2D eigenvalue weighted by atomic mass is 16.4. The molecule has 0 spiro atoms. The highest BCUT2D eigenvalue weighted by molar-refractivity contribution is 5.97. The number of aliphatic carboxylic acids is 1. The first-order chi connectivity index (χ1) is 27.3. The van der Waals surface area contributed by atoms with Crippen molar-refractivity contribution in [2.45, 2.75) is 144 Å². The summed E-state index contributed by atoms with van der Waals surface area (Å²) >= 11 is 0. The number of carbonyl (C=O) groups is 9. The van der Waals surface area contributed by atoms with Crippen LogP contribution >= 0.6 is 0 Å². The lowest BCUT2D eigenvalue weighted by molar-refractivity contribution is -0.143. The third kappa shape index (κ3) is 20.6. The number of rotatable bonds is 27. The molecule has 7 unspecified atom stereocenters. The molecule has 0 aliphatic carbocycles. The topological polar surface area (TPSA) is 322 Å². The molecule has 20 heteroatoms. The van der Waals surface area contributed by atoms with Crippen molar-refractivity contribution in [3.05, 3.63) is 0 Å². The molecular weight excluding hydrogens is 768 g/mol. The van der Waals surface area contributed by atoms with Crippen LogP contribution in [0.25, 0.3) is 0 Å². The first kappa shape index (κ1) is 54.2. The first-order valence-corrected chi connectivity index (χ1v) is 20.4. The summed E-state index contributed by atoms with van der Waals surface area (Å²) in [6, 6.07) is -7.46. The van der Waals surface area contributed by atoms with Crippen molar-refractivity contribution in [2.75, 3.05) is 19.6 Å². The quantitative estimate of drug-likeness (QED) is 0.0415. The molecule has 0 aliphatic heterocycles. The molecule has 20 nitrogen and oxygen atoms in total. The zero-order valence-corrected chi connectivity index (χ0v) is 36.7. The van der Waals surface area contributed by atoms with Gasteiger partial charge in [-0.2, -0.15) is 0 Å². The minimum absolute atomic E-state index is 0.155. The molecule has 0 fully saturated rings. The molecule has 0 aromatic heterocycles. The molecule has 8 amide bonds. The molecule has 0 heterocycles. The van der Waals surface area contributed by atoms with Crippen LogP contribution in [-0.4, -0.2) is 120 Å². The van der Waals surface area contributed by atoms with Gasteiger partial charge in [-0.05, 0) is 68.7 Å². The van der Waals surface area contributed by atoms with E-state index in [-0.39, 0.29) is 18.3 Å². The van der Waals surface area contributed by atoms with Gasteiger partial charge in [-0.3, -0.25) is 38.4 Å². The average Bonchev–Trinajstić information content (AvgIpc) is 3.13. The Labute approximate surface area is 348 Å². The second-order valence-corrected chi connectivity index (χ2v) is 16.6. The number of carboxylic acid groups (broad SMARTS) is 1. The number of nitrogens with one attached hydrogen (secondary N) is 8. The second kappa shape index (κ2) is 27.0. The van der Waals surface area contributed by atoms with Gasteiger partial charge in [0.05, 0.1) is 19.1 Å². The number of hydrogen-bond donors (Lipinski definition) is 11.